The monoisotopic (exact) mass is 281 g/mol. The number of carbonyl (C=O) groups is 1. The van der Waals surface area contributed by atoms with Gasteiger partial charge in [-0.2, -0.15) is 0 Å². The molecule has 2 atom stereocenters. The van der Waals surface area contributed by atoms with Crippen LogP contribution in [0.2, 0.25) is 0 Å². The summed E-state index contributed by atoms with van der Waals surface area (Å²) in [6.07, 6.45) is 0.147. The highest BCUT2D eigenvalue weighted by molar-refractivity contribution is 7.92. The van der Waals surface area contributed by atoms with Crippen LogP contribution in [0.3, 0.4) is 0 Å². The van der Waals surface area contributed by atoms with Gasteiger partial charge in [-0.1, -0.05) is 30.3 Å². The summed E-state index contributed by atoms with van der Waals surface area (Å²) in [4.78, 5) is 13.5. The number of hydrogen-bond donors (Lipinski definition) is 0. The molecule has 2 saturated heterocycles. The second-order valence-electron chi connectivity index (χ2n) is 5.03. The number of fused-ring (bicyclic) bond motifs is 2. The first-order chi connectivity index (χ1) is 9.06. The fourth-order valence-electron chi connectivity index (χ4n) is 2.72. The summed E-state index contributed by atoms with van der Waals surface area (Å²) in [6.45, 7) is 0.501. The van der Waals surface area contributed by atoms with Crippen LogP contribution in [0.25, 0.3) is 0 Å². The summed E-state index contributed by atoms with van der Waals surface area (Å²) in [6, 6.07) is 9.23. The number of hydrogen-bond acceptors (Lipinski definition) is 4. The number of likely N-dealkylation sites (tertiary alicyclic amines) is 1. The van der Waals surface area contributed by atoms with Gasteiger partial charge in [-0.25, -0.2) is 13.2 Å². The van der Waals surface area contributed by atoms with Gasteiger partial charge in [0, 0.05) is 6.54 Å². The van der Waals surface area contributed by atoms with Crippen LogP contribution in [0, 0.1) is 0 Å². The summed E-state index contributed by atoms with van der Waals surface area (Å²) in [5, 5.41) is -0.387. The van der Waals surface area contributed by atoms with Crippen molar-refractivity contribution in [2.45, 2.75) is 24.3 Å². The molecule has 0 aromatic heterocycles. The average molecular weight is 281 g/mol. The fraction of sp³-hybridized carbons (Fsp3) is 0.462. The molecule has 2 fully saturated rings. The lowest BCUT2D eigenvalue weighted by Gasteiger charge is -2.25. The van der Waals surface area contributed by atoms with Crippen LogP contribution >= 0.6 is 0 Å². The summed E-state index contributed by atoms with van der Waals surface area (Å²) < 4.78 is 28.4. The lowest BCUT2D eigenvalue weighted by molar-refractivity contribution is 0.0941. The maximum Gasteiger partial charge on any atom is 0.410 e. The highest BCUT2D eigenvalue weighted by Crippen LogP contribution is 2.33. The van der Waals surface area contributed by atoms with Crippen molar-refractivity contribution in [2.75, 3.05) is 12.3 Å². The van der Waals surface area contributed by atoms with Gasteiger partial charge < -0.3 is 9.64 Å². The number of carbonyl (C=O) groups excluding carboxylic acids is 1. The molecule has 0 N–H and O–H groups in total. The minimum atomic E-state index is -2.97. The van der Waals surface area contributed by atoms with Crippen molar-refractivity contribution in [2.24, 2.45) is 0 Å². The maximum atomic E-state index is 11.9. The Balaban J connectivity index is 1.59. The molecule has 0 aliphatic carbocycles. The third-order valence-corrected chi connectivity index (χ3v) is 5.95. The zero-order valence-corrected chi connectivity index (χ0v) is 11.2. The van der Waals surface area contributed by atoms with E-state index in [9.17, 15) is 13.2 Å². The van der Waals surface area contributed by atoms with Crippen LogP contribution in [-0.2, 0) is 21.2 Å². The molecular formula is C13H15NO4S. The van der Waals surface area contributed by atoms with Crippen LogP contribution in [0.1, 0.15) is 12.0 Å². The Morgan fingerprint density at radius 3 is 2.63 bits per heavy atom. The topological polar surface area (TPSA) is 63.7 Å². The van der Waals surface area contributed by atoms with Crippen molar-refractivity contribution < 1.29 is 17.9 Å². The fourth-order valence-corrected chi connectivity index (χ4v) is 4.75. The predicted molar refractivity (Wildman–Crippen MR) is 69.3 cm³/mol. The van der Waals surface area contributed by atoms with Gasteiger partial charge in [-0.05, 0) is 12.0 Å². The van der Waals surface area contributed by atoms with E-state index in [1.54, 1.807) is 4.90 Å². The smallest absolute Gasteiger partial charge is 0.410 e. The molecule has 1 aromatic carbocycles. The first kappa shape index (κ1) is 12.5. The van der Waals surface area contributed by atoms with Gasteiger partial charge >= 0.3 is 6.09 Å². The highest BCUT2D eigenvalue weighted by Gasteiger charge is 2.50. The highest BCUT2D eigenvalue weighted by atomic mass is 32.2. The van der Waals surface area contributed by atoms with Crippen molar-refractivity contribution in [1.82, 2.24) is 4.90 Å². The SMILES string of the molecule is O=C(OCc1ccccc1)N1C[C@@H]2C[C@H]1CS2(=O)=O. The molecule has 2 aliphatic heterocycles. The van der Waals surface area contributed by atoms with Crippen LogP contribution in [-0.4, -0.2) is 43.0 Å². The number of amides is 1. The molecule has 2 heterocycles. The first-order valence-electron chi connectivity index (χ1n) is 6.25. The zero-order valence-electron chi connectivity index (χ0n) is 10.4. The molecule has 5 nitrogen and oxygen atoms in total. The molecular weight excluding hydrogens is 266 g/mol. The third kappa shape index (κ3) is 2.32. The van der Waals surface area contributed by atoms with Crippen molar-refractivity contribution in [1.29, 1.82) is 0 Å². The molecule has 0 unspecified atom stereocenters. The Bertz CT molecular complexity index is 584. The minimum Gasteiger partial charge on any atom is -0.445 e. The Labute approximate surface area is 112 Å². The standard InChI is InChI=1S/C13H15NO4S/c15-13(18-8-10-4-2-1-3-5-10)14-7-12-6-11(14)9-19(12,16)17/h1-5,11-12H,6-9H2/t11-,12-/m0/s1. The molecule has 1 amide bonds. The van der Waals surface area contributed by atoms with Gasteiger partial charge in [0.15, 0.2) is 9.84 Å². The Hall–Kier alpha value is -1.56. The minimum absolute atomic E-state index is 0.0815. The molecule has 3 rings (SSSR count). The van der Waals surface area contributed by atoms with Gasteiger partial charge in [0.05, 0.1) is 17.0 Å². The van der Waals surface area contributed by atoms with Crippen molar-refractivity contribution in [3.05, 3.63) is 35.9 Å². The molecule has 2 bridgehead atoms. The van der Waals surface area contributed by atoms with Crippen molar-refractivity contribution in [3.8, 4) is 0 Å². The first-order valence-corrected chi connectivity index (χ1v) is 7.97. The van der Waals surface area contributed by atoms with Gasteiger partial charge in [0.25, 0.3) is 0 Å². The van der Waals surface area contributed by atoms with Crippen molar-refractivity contribution >= 4 is 15.9 Å². The van der Waals surface area contributed by atoms with Gasteiger partial charge in [0.2, 0.25) is 0 Å². The predicted octanol–water partition coefficient (Wildman–Crippen LogP) is 1.19. The van der Waals surface area contributed by atoms with Gasteiger partial charge in [-0.3, -0.25) is 0 Å². The molecule has 1 aromatic rings. The second kappa shape index (κ2) is 4.52. The number of ether oxygens (including phenoxy) is 1. The van der Waals surface area contributed by atoms with E-state index >= 15 is 0 Å². The van der Waals surface area contributed by atoms with Gasteiger partial charge in [0.1, 0.15) is 6.61 Å². The van der Waals surface area contributed by atoms with Crippen LogP contribution in [0.15, 0.2) is 30.3 Å². The normalized spacial score (nSPS) is 27.5. The van der Waals surface area contributed by atoms with Crippen molar-refractivity contribution in [3.63, 3.8) is 0 Å². The summed E-state index contributed by atoms with van der Waals surface area (Å²) >= 11 is 0. The third-order valence-electron chi connectivity index (χ3n) is 3.75. The van der Waals surface area contributed by atoms with E-state index in [4.69, 9.17) is 4.74 Å². The molecule has 2 aliphatic rings. The molecule has 0 radical (unpaired) electrons. The Kier molecular flexibility index (Phi) is 2.97. The lowest BCUT2D eigenvalue weighted by atomic mass is 10.2. The maximum absolute atomic E-state index is 11.9. The number of nitrogens with zero attached hydrogens (tertiary/aromatic N) is 1. The van der Waals surface area contributed by atoms with E-state index in [0.717, 1.165) is 5.56 Å². The van der Waals surface area contributed by atoms with Gasteiger partial charge in [-0.15, -0.1) is 0 Å². The Morgan fingerprint density at radius 2 is 2.05 bits per heavy atom. The van der Waals surface area contributed by atoms with E-state index in [1.165, 1.54) is 0 Å². The zero-order chi connectivity index (χ0) is 13.5. The second-order valence-corrected chi connectivity index (χ2v) is 7.36. The number of rotatable bonds is 2. The molecule has 102 valence electrons. The quantitative estimate of drug-likeness (QED) is 0.817. The average Bonchev–Trinajstić information content (AvgIpc) is 2.93. The summed E-state index contributed by atoms with van der Waals surface area (Å²) in [5.74, 6) is 0.0815. The molecule has 0 spiro atoms. The number of sulfone groups is 1. The van der Waals surface area contributed by atoms with Crippen LogP contribution in [0.4, 0.5) is 4.79 Å². The van der Waals surface area contributed by atoms with Crippen LogP contribution < -0.4 is 0 Å². The molecule has 19 heavy (non-hydrogen) atoms. The van der Waals surface area contributed by atoms with E-state index in [1.807, 2.05) is 30.3 Å². The summed E-state index contributed by atoms with van der Waals surface area (Å²) in [7, 11) is -2.97. The summed E-state index contributed by atoms with van der Waals surface area (Å²) in [5.41, 5.74) is 0.924. The Morgan fingerprint density at radius 1 is 1.32 bits per heavy atom. The molecule has 0 saturated carbocycles. The lowest BCUT2D eigenvalue weighted by Crippen LogP contribution is -2.44. The van der Waals surface area contributed by atoms with E-state index < -0.39 is 15.9 Å². The number of benzene rings is 1. The van der Waals surface area contributed by atoms with E-state index in [0.29, 0.717) is 6.42 Å². The van der Waals surface area contributed by atoms with E-state index in [-0.39, 0.29) is 30.2 Å². The van der Waals surface area contributed by atoms with Crippen LogP contribution in [0.5, 0.6) is 0 Å². The molecule has 6 heteroatoms. The van der Waals surface area contributed by atoms with E-state index in [2.05, 4.69) is 0 Å². The largest absolute Gasteiger partial charge is 0.445 e.